The maximum Gasteiger partial charge on any atom is 0.270 e. The third-order valence-electron chi connectivity index (χ3n) is 4.24. The number of nitro benzene ring substituents is 1. The van der Waals surface area contributed by atoms with Gasteiger partial charge in [0.2, 0.25) is 5.91 Å². The van der Waals surface area contributed by atoms with Crippen molar-refractivity contribution >= 4 is 39.4 Å². The van der Waals surface area contributed by atoms with Crippen molar-refractivity contribution in [1.29, 1.82) is 0 Å². The molecule has 1 aliphatic rings. The summed E-state index contributed by atoms with van der Waals surface area (Å²) in [6.07, 6.45) is 1.63. The van der Waals surface area contributed by atoms with Gasteiger partial charge in [0, 0.05) is 40.9 Å². The molecule has 1 aliphatic heterocycles. The van der Waals surface area contributed by atoms with Gasteiger partial charge in [-0.1, -0.05) is 28.1 Å². The van der Waals surface area contributed by atoms with E-state index in [0.29, 0.717) is 31.9 Å². The number of nitrogens with one attached hydrogen (secondary N) is 1. The zero-order chi connectivity index (χ0) is 19.9. The lowest BCUT2D eigenvalue weighted by molar-refractivity contribution is -0.384. The number of rotatable bonds is 6. The highest BCUT2D eigenvalue weighted by Crippen LogP contribution is 2.25. The normalized spacial score (nSPS) is 14.2. The molecule has 28 heavy (non-hydrogen) atoms. The number of hydrazone groups is 1. The summed E-state index contributed by atoms with van der Waals surface area (Å²) in [7, 11) is 0. The van der Waals surface area contributed by atoms with E-state index >= 15 is 0 Å². The first-order valence-corrected chi connectivity index (χ1v) is 9.50. The molecule has 1 saturated heterocycles. The number of hydrogen-bond acceptors (Lipinski definition) is 6. The van der Waals surface area contributed by atoms with Crippen LogP contribution in [0.3, 0.4) is 0 Å². The number of non-ortho nitro benzene ring substituents is 1. The number of amides is 1. The van der Waals surface area contributed by atoms with Gasteiger partial charge in [-0.3, -0.25) is 14.9 Å². The predicted molar refractivity (Wildman–Crippen MR) is 110 cm³/mol. The van der Waals surface area contributed by atoms with E-state index in [2.05, 4.69) is 31.4 Å². The van der Waals surface area contributed by atoms with Gasteiger partial charge >= 0.3 is 0 Å². The molecule has 1 heterocycles. The van der Waals surface area contributed by atoms with Gasteiger partial charge in [0.15, 0.2) is 0 Å². The molecule has 0 saturated carbocycles. The topological polar surface area (TPSA) is 97.1 Å². The fourth-order valence-electron chi connectivity index (χ4n) is 2.85. The molecular weight excluding hydrogens is 428 g/mol. The number of hydrogen-bond donors (Lipinski definition) is 1. The molecule has 0 radical (unpaired) electrons. The quantitative estimate of drug-likeness (QED) is 0.417. The fraction of sp³-hybridized carbons (Fsp3) is 0.263. The minimum absolute atomic E-state index is 0.0281. The number of carbonyl (C=O) groups excluding carboxylic acids is 1. The van der Waals surface area contributed by atoms with Crippen molar-refractivity contribution in [3.05, 3.63) is 68.2 Å². The molecule has 9 heteroatoms. The Hall–Kier alpha value is -2.78. The Labute approximate surface area is 170 Å². The number of nitrogens with zero attached hydrogens (tertiary/aromatic N) is 3. The SMILES string of the molecule is O=C(Cc1ccc(Br)cc1)N/N=C\c1cc([N+](=O)[O-])ccc1N1CCOCC1. The Bertz CT molecular complexity index is 880. The van der Waals surface area contributed by atoms with Gasteiger partial charge in [-0.15, -0.1) is 0 Å². The van der Waals surface area contributed by atoms with E-state index < -0.39 is 4.92 Å². The Morgan fingerprint density at radius 3 is 2.64 bits per heavy atom. The van der Waals surface area contributed by atoms with Crippen LogP contribution in [0.15, 0.2) is 52.0 Å². The Balaban J connectivity index is 1.71. The van der Waals surface area contributed by atoms with E-state index in [9.17, 15) is 14.9 Å². The molecule has 1 amide bonds. The maximum absolute atomic E-state index is 12.1. The lowest BCUT2D eigenvalue weighted by atomic mass is 10.1. The van der Waals surface area contributed by atoms with Crippen molar-refractivity contribution in [3.63, 3.8) is 0 Å². The highest BCUT2D eigenvalue weighted by molar-refractivity contribution is 9.10. The van der Waals surface area contributed by atoms with E-state index in [1.54, 1.807) is 6.07 Å². The second kappa shape index (κ2) is 9.43. The molecule has 146 valence electrons. The number of halogens is 1. The Morgan fingerprint density at radius 2 is 1.96 bits per heavy atom. The number of morpholine rings is 1. The van der Waals surface area contributed by atoms with E-state index in [1.807, 2.05) is 24.3 Å². The van der Waals surface area contributed by atoms with Gasteiger partial charge in [0.1, 0.15) is 0 Å². The summed E-state index contributed by atoms with van der Waals surface area (Å²) < 4.78 is 6.30. The van der Waals surface area contributed by atoms with Crippen LogP contribution in [0.25, 0.3) is 0 Å². The van der Waals surface area contributed by atoms with Crippen molar-refractivity contribution in [1.82, 2.24) is 5.43 Å². The summed E-state index contributed by atoms with van der Waals surface area (Å²) in [6.45, 7) is 2.57. The molecule has 0 unspecified atom stereocenters. The smallest absolute Gasteiger partial charge is 0.270 e. The van der Waals surface area contributed by atoms with Gasteiger partial charge in [0.05, 0.1) is 30.8 Å². The van der Waals surface area contributed by atoms with Crippen molar-refractivity contribution in [2.24, 2.45) is 5.10 Å². The summed E-state index contributed by atoms with van der Waals surface area (Å²) in [5.41, 5.74) is 4.70. The summed E-state index contributed by atoms with van der Waals surface area (Å²) in [6, 6.07) is 12.1. The van der Waals surface area contributed by atoms with E-state index in [4.69, 9.17) is 4.74 Å². The first kappa shape index (κ1) is 20.0. The van der Waals surface area contributed by atoms with Crippen LogP contribution in [0.4, 0.5) is 11.4 Å². The summed E-state index contributed by atoms with van der Waals surface area (Å²) in [5, 5.41) is 15.1. The monoisotopic (exact) mass is 446 g/mol. The van der Waals surface area contributed by atoms with E-state index in [1.165, 1.54) is 18.3 Å². The van der Waals surface area contributed by atoms with Crippen LogP contribution in [0, 0.1) is 10.1 Å². The zero-order valence-electron chi connectivity index (χ0n) is 15.0. The highest BCUT2D eigenvalue weighted by atomic mass is 79.9. The standard InChI is InChI=1S/C19H19BrN4O4/c20-16-3-1-14(2-4-16)11-19(25)22-21-13-15-12-17(24(26)27)5-6-18(15)23-7-9-28-10-8-23/h1-6,12-13H,7-11H2,(H,22,25)/b21-13-. The molecule has 0 aliphatic carbocycles. The van der Waals surface area contributed by atoms with Gasteiger partial charge < -0.3 is 9.64 Å². The minimum atomic E-state index is -0.452. The van der Waals surface area contributed by atoms with Gasteiger partial charge in [-0.05, 0) is 23.8 Å². The van der Waals surface area contributed by atoms with Crippen molar-refractivity contribution in [2.45, 2.75) is 6.42 Å². The molecule has 0 bridgehead atoms. The van der Waals surface area contributed by atoms with Gasteiger partial charge in [-0.25, -0.2) is 5.43 Å². The average Bonchev–Trinajstić information content (AvgIpc) is 2.70. The number of ether oxygens (including phenoxy) is 1. The number of anilines is 1. The van der Waals surface area contributed by atoms with Crippen LogP contribution in [0.1, 0.15) is 11.1 Å². The van der Waals surface area contributed by atoms with E-state index in [-0.39, 0.29) is 18.0 Å². The zero-order valence-corrected chi connectivity index (χ0v) is 16.6. The molecule has 1 N–H and O–H groups in total. The van der Waals surface area contributed by atoms with Crippen LogP contribution in [0.2, 0.25) is 0 Å². The Morgan fingerprint density at radius 1 is 1.25 bits per heavy atom. The predicted octanol–water partition coefficient (Wildman–Crippen LogP) is 2.89. The van der Waals surface area contributed by atoms with Crippen LogP contribution < -0.4 is 10.3 Å². The minimum Gasteiger partial charge on any atom is -0.378 e. The summed E-state index contributed by atoms with van der Waals surface area (Å²) in [4.78, 5) is 24.8. The van der Waals surface area contributed by atoms with Crippen LogP contribution in [-0.4, -0.2) is 43.3 Å². The molecular formula is C19H19BrN4O4. The summed E-state index contributed by atoms with van der Waals surface area (Å²) >= 11 is 3.35. The van der Waals surface area contributed by atoms with Gasteiger partial charge in [0.25, 0.3) is 5.69 Å². The molecule has 8 nitrogen and oxygen atoms in total. The second-order valence-corrected chi connectivity index (χ2v) is 7.11. The van der Waals surface area contributed by atoms with Gasteiger partial charge in [-0.2, -0.15) is 5.10 Å². The third-order valence-corrected chi connectivity index (χ3v) is 4.77. The van der Waals surface area contributed by atoms with Crippen molar-refractivity contribution < 1.29 is 14.5 Å². The number of benzene rings is 2. The average molecular weight is 447 g/mol. The highest BCUT2D eigenvalue weighted by Gasteiger charge is 2.17. The molecule has 1 fully saturated rings. The van der Waals surface area contributed by atoms with Crippen LogP contribution in [0.5, 0.6) is 0 Å². The molecule has 0 spiro atoms. The third kappa shape index (κ3) is 5.37. The molecule has 0 aromatic heterocycles. The molecule has 2 aromatic carbocycles. The molecule has 3 rings (SSSR count). The van der Waals surface area contributed by atoms with Crippen LogP contribution >= 0.6 is 15.9 Å². The first-order chi connectivity index (χ1) is 13.5. The van der Waals surface area contributed by atoms with Crippen LogP contribution in [-0.2, 0) is 16.0 Å². The largest absolute Gasteiger partial charge is 0.378 e. The summed E-state index contributed by atoms with van der Waals surface area (Å²) in [5.74, 6) is -0.267. The lowest BCUT2D eigenvalue weighted by Crippen LogP contribution is -2.36. The molecule has 2 aromatic rings. The van der Waals surface area contributed by atoms with Crippen molar-refractivity contribution in [2.75, 3.05) is 31.2 Å². The Kier molecular flexibility index (Phi) is 6.72. The molecule has 0 atom stereocenters. The number of carbonyl (C=O) groups is 1. The fourth-order valence-corrected chi connectivity index (χ4v) is 3.12. The first-order valence-electron chi connectivity index (χ1n) is 8.70. The number of nitro groups is 1. The second-order valence-electron chi connectivity index (χ2n) is 6.20. The van der Waals surface area contributed by atoms with E-state index in [0.717, 1.165) is 15.7 Å². The lowest BCUT2D eigenvalue weighted by Gasteiger charge is -2.29. The maximum atomic E-state index is 12.1. The van der Waals surface area contributed by atoms with Crippen molar-refractivity contribution in [3.8, 4) is 0 Å².